The van der Waals surface area contributed by atoms with Gasteiger partial charge in [-0.25, -0.2) is 14.2 Å². The molecule has 5 aromatic rings. The average Bonchev–Trinajstić information content (AvgIpc) is 3.76. The first-order valence-corrected chi connectivity index (χ1v) is 17.3. The van der Waals surface area contributed by atoms with Crippen LogP contribution in [-0.4, -0.2) is 87.3 Å². The van der Waals surface area contributed by atoms with Gasteiger partial charge in [0.2, 0.25) is 5.91 Å². The number of benzene rings is 2. The van der Waals surface area contributed by atoms with Crippen molar-refractivity contribution < 1.29 is 23.6 Å². The fourth-order valence-electron chi connectivity index (χ4n) is 7.02. The van der Waals surface area contributed by atoms with Gasteiger partial charge < -0.3 is 20.1 Å². The van der Waals surface area contributed by atoms with Crippen molar-refractivity contribution in [3.05, 3.63) is 101 Å². The topological polar surface area (TPSA) is 150 Å². The molecule has 0 radical (unpaired) electrons. The molecule has 266 valence electrons. The predicted molar refractivity (Wildman–Crippen MR) is 192 cm³/mol. The number of hydrogen-bond acceptors (Lipinski definition) is 8. The number of carbonyl (C=O) groups excluding carboxylic acids is 4. The van der Waals surface area contributed by atoms with E-state index in [2.05, 4.69) is 60.1 Å². The molecule has 0 aliphatic carbocycles. The molecule has 2 fully saturated rings. The minimum atomic E-state index is -0.530. The number of imide groups is 1. The van der Waals surface area contributed by atoms with E-state index in [-0.39, 0.29) is 48.2 Å². The fraction of sp³-hybridized carbons (Fsp3) is 0.297. The lowest BCUT2D eigenvalue weighted by atomic mass is 10.1. The lowest BCUT2D eigenvalue weighted by Gasteiger charge is -2.36. The summed E-state index contributed by atoms with van der Waals surface area (Å²) in [4.78, 5) is 59.5. The van der Waals surface area contributed by atoms with Crippen molar-refractivity contribution >= 4 is 51.8 Å². The van der Waals surface area contributed by atoms with Crippen LogP contribution in [0, 0.1) is 5.82 Å². The highest BCUT2D eigenvalue weighted by molar-refractivity contribution is 6.06. The van der Waals surface area contributed by atoms with E-state index >= 15 is 4.39 Å². The smallest absolute Gasteiger partial charge is 0.328 e. The highest BCUT2D eigenvalue weighted by Gasteiger charge is 2.27. The molecule has 15 heteroatoms. The number of anilines is 3. The van der Waals surface area contributed by atoms with E-state index in [1.165, 1.54) is 11.0 Å². The Morgan fingerprint density at radius 1 is 0.942 bits per heavy atom. The number of nitrogens with one attached hydrogen (secondary N) is 3. The summed E-state index contributed by atoms with van der Waals surface area (Å²) in [7, 11) is 0. The molecule has 3 aromatic heterocycles. The zero-order valence-corrected chi connectivity index (χ0v) is 28.5. The van der Waals surface area contributed by atoms with Crippen LogP contribution in [0.1, 0.15) is 51.5 Å². The van der Waals surface area contributed by atoms with Crippen LogP contribution in [-0.2, 0) is 17.9 Å². The molecule has 0 bridgehead atoms. The van der Waals surface area contributed by atoms with E-state index in [9.17, 15) is 19.2 Å². The van der Waals surface area contributed by atoms with E-state index < -0.39 is 6.03 Å². The molecule has 0 unspecified atom stereocenters. The van der Waals surface area contributed by atoms with Gasteiger partial charge in [0.05, 0.1) is 24.5 Å². The van der Waals surface area contributed by atoms with Gasteiger partial charge >= 0.3 is 6.03 Å². The molecular weight excluding hydrogens is 667 g/mol. The monoisotopic (exact) mass is 704 g/mol. The number of rotatable bonds is 8. The van der Waals surface area contributed by atoms with Crippen molar-refractivity contribution in [1.29, 1.82) is 0 Å². The van der Waals surface area contributed by atoms with Crippen LogP contribution in [0.5, 0.6) is 0 Å². The zero-order chi connectivity index (χ0) is 35.9. The number of fused-ring (bicyclic) bond motifs is 3. The maximum Gasteiger partial charge on any atom is 0.328 e. The molecule has 3 N–H and O–H groups in total. The number of piperazine rings is 1. The van der Waals surface area contributed by atoms with Gasteiger partial charge in [-0.15, -0.1) is 0 Å². The largest absolute Gasteiger partial charge is 0.369 e. The van der Waals surface area contributed by atoms with Gasteiger partial charge in [-0.1, -0.05) is 18.2 Å². The van der Waals surface area contributed by atoms with Crippen molar-refractivity contribution in [1.82, 2.24) is 34.9 Å². The van der Waals surface area contributed by atoms with Crippen LogP contribution in [0.25, 0.3) is 11.0 Å². The second-order valence-corrected chi connectivity index (χ2v) is 13.4. The van der Waals surface area contributed by atoms with Crippen LogP contribution in [0.2, 0.25) is 0 Å². The summed E-state index contributed by atoms with van der Waals surface area (Å²) in [6, 6.07) is 17.9. The number of aromatic nitrogens is 4. The molecule has 14 nitrogen and oxygen atoms in total. The van der Waals surface area contributed by atoms with E-state index in [0.717, 1.165) is 42.8 Å². The predicted octanol–water partition coefficient (Wildman–Crippen LogP) is 3.75. The molecule has 8 rings (SSSR count). The molecule has 3 aliphatic heterocycles. The normalized spacial score (nSPS) is 18.0. The number of carbonyl (C=O) groups is 4. The van der Waals surface area contributed by atoms with E-state index in [1.54, 1.807) is 41.3 Å². The summed E-state index contributed by atoms with van der Waals surface area (Å²) in [5.41, 5.74) is 5.11. The van der Waals surface area contributed by atoms with Gasteiger partial charge in [0.25, 0.3) is 11.8 Å². The quantitative estimate of drug-likeness (QED) is 0.221. The Morgan fingerprint density at radius 2 is 1.73 bits per heavy atom. The highest BCUT2D eigenvalue weighted by Crippen LogP contribution is 2.27. The SMILES string of the molecule is C[C@@H]1CNC(=O)c2cc3ccc(C(=O)Nc4cnn(Cc5ccc(N6CCN(Cc7ccc(N8CCC(=O)NC8=O)cc7F)CC6)cc5)c4)nc3n21. The summed E-state index contributed by atoms with van der Waals surface area (Å²) >= 11 is 0. The summed E-state index contributed by atoms with van der Waals surface area (Å²) in [5, 5.41) is 13.3. The maximum absolute atomic E-state index is 15.0. The summed E-state index contributed by atoms with van der Waals surface area (Å²) in [5.74, 6) is -1.20. The number of pyridine rings is 1. The summed E-state index contributed by atoms with van der Waals surface area (Å²) in [6.07, 6.45) is 3.57. The Labute approximate surface area is 298 Å². The molecule has 0 spiro atoms. The molecule has 2 saturated heterocycles. The number of hydrogen-bond donors (Lipinski definition) is 3. The number of halogens is 1. The molecule has 5 amide bonds. The average molecular weight is 705 g/mol. The summed E-state index contributed by atoms with van der Waals surface area (Å²) in [6.45, 7) is 6.87. The maximum atomic E-state index is 15.0. The van der Waals surface area contributed by atoms with Crippen LogP contribution in [0.4, 0.5) is 26.2 Å². The Kier molecular flexibility index (Phi) is 8.63. The number of urea groups is 1. The minimum Gasteiger partial charge on any atom is -0.369 e. The second-order valence-electron chi connectivity index (χ2n) is 13.4. The van der Waals surface area contributed by atoms with Gasteiger partial charge in [-0.2, -0.15) is 5.10 Å². The third kappa shape index (κ3) is 6.57. The van der Waals surface area contributed by atoms with Crippen molar-refractivity contribution in [2.45, 2.75) is 32.5 Å². The summed E-state index contributed by atoms with van der Waals surface area (Å²) < 4.78 is 18.7. The number of amides is 5. The Morgan fingerprint density at radius 3 is 2.50 bits per heavy atom. The van der Waals surface area contributed by atoms with Crippen LogP contribution in [0.15, 0.2) is 73.1 Å². The van der Waals surface area contributed by atoms with E-state index in [0.29, 0.717) is 47.9 Å². The van der Waals surface area contributed by atoms with Crippen molar-refractivity contribution in [2.24, 2.45) is 0 Å². The van der Waals surface area contributed by atoms with E-state index in [1.807, 2.05) is 17.6 Å². The standard InChI is InChI=1S/C37H37FN10O4/c1-23-18-39-36(51)32-16-25-5-9-31(42-34(25)48(23)32)35(50)41-27-19-40-46(22-27)20-24-2-6-28(7-3-24)45-14-12-44(13-15-45)21-26-4-8-29(17-30(26)38)47-11-10-33(49)43-37(47)52/h2-9,16-17,19,22-23H,10-15,18,20-21H2,1H3,(H,39,51)(H,41,50)(H,43,49,52)/t23-/m1/s1. The van der Waals surface area contributed by atoms with Crippen LogP contribution < -0.4 is 25.8 Å². The van der Waals surface area contributed by atoms with Crippen LogP contribution in [0.3, 0.4) is 0 Å². The van der Waals surface area contributed by atoms with Gasteiger partial charge in [-0.3, -0.25) is 34.2 Å². The minimum absolute atomic E-state index is 0.0242. The van der Waals surface area contributed by atoms with Crippen molar-refractivity contribution in [3.63, 3.8) is 0 Å². The Bertz CT molecular complexity index is 2210. The second kappa shape index (κ2) is 13.6. The zero-order valence-electron chi connectivity index (χ0n) is 28.5. The highest BCUT2D eigenvalue weighted by atomic mass is 19.1. The Balaban J connectivity index is 0.833. The lowest BCUT2D eigenvalue weighted by molar-refractivity contribution is -0.120. The van der Waals surface area contributed by atoms with Gasteiger partial charge in [0.15, 0.2) is 0 Å². The molecule has 1 atom stereocenters. The number of nitrogens with zero attached hydrogens (tertiary/aromatic N) is 7. The Hall–Kier alpha value is -6.09. The third-order valence-corrected chi connectivity index (χ3v) is 9.86. The molecular formula is C37H37FN10O4. The first kappa shape index (κ1) is 33.1. The third-order valence-electron chi connectivity index (χ3n) is 9.86. The van der Waals surface area contributed by atoms with E-state index in [4.69, 9.17) is 0 Å². The van der Waals surface area contributed by atoms with Crippen molar-refractivity contribution in [3.8, 4) is 0 Å². The van der Waals surface area contributed by atoms with Crippen LogP contribution >= 0.6 is 0 Å². The first-order chi connectivity index (χ1) is 25.2. The molecule has 52 heavy (non-hydrogen) atoms. The van der Waals surface area contributed by atoms with Gasteiger partial charge in [0, 0.05) is 80.8 Å². The molecule has 3 aliphatic rings. The van der Waals surface area contributed by atoms with Gasteiger partial charge in [0.1, 0.15) is 22.9 Å². The lowest BCUT2D eigenvalue weighted by Crippen LogP contribution is -2.49. The first-order valence-electron chi connectivity index (χ1n) is 17.3. The van der Waals surface area contributed by atoms with Crippen molar-refractivity contribution in [2.75, 3.05) is 54.4 Å². The van der Waals surface area contributed by atoms with Gasteiger partial charge in [-0.05, 0) is 55.0 Å². The molecule has 0 saturated carbocycles. The fourth-order valence-corrected chi connectivity index (χ4v) is 7.02. The molecule has 2 aromatic carbocycles. The molecule has 6 heterocycles.